The first-order valence-corrected chi connectivity index (χ1v) is 11.5. The highest BCUT2D eigenvalue weighted by atomic mass is 32.2. The molecule has 170 valence electrons. The number of ether oxygens (including phenoxy) is 2. The van der Waals surface area contributed by atoms with E-state index in [1.165, 1.54) is 0 Å². The molecule has 1 saturated heterocycles. The third kappa shape index (κ3) is 6.49. The Morgan fingerprint density at radius 3 is 2.36 bits per heavy atom. The normalized spacial score (nSPS) is 15.2. The van der Waals surface area contributed by atoms with Crippen LogP contribution in [0.2, 0.25) is 0 Å². The van der Waals surface area contributed by atoms with Crippen molar-refractivity contribution in [2.24, 2.45) is 0 Å². The molecule has 0 bridgehead atoms. The van der Waals surface area contributed by atoms with Crippen molar-refractivity contribution < 1.29 is 19.1 Å². The fourth-order valence-corrected chi connectivity index (χ4v) is 4.16. The van der Waals surface area contributed by atoms with Crippen molar-refractivity contribution in [3.63, 3.8) is 0 Å². The van der Waals surface area contributed by atoms with Crippen LogP contribution < -0.4 is 19.7 Å². The highest BCUT2D eigenvalue weighted by Crippen LogP contribution is 2.24. The number of aromatic nitrogens is 1. The van der Waals surface area contributed by atoms with Crippen LogP contribution in [0.15, 0.2) is 72.9 Å². The van der Waals surface area contributed by atoms with Gasteiger partial charge in [-0.25, -0.2) is 4.98 Å². The topological polar surface area (TPSA) is 80.8 Å². The van der Waals surface area contributed by atoms with Gasteiger partial charge in [-0.15, -0.1) is 0 Å². The van der Waals surface area contributed by atoms with Crippen molar-refractivity contribution >= 4 is 28.7 Å². The molecule has 3 aromatic rings. The summed E-state index contributed by atoms with van der Waals surface area (Å²) in [4.78, 5) is 29.5. The lowest BCUT2D eigenvalue weighted by Crippen LogP contribution is -2.25. The molecule has 0 spiro atoms. The van der Waals surface area contributed by atoms with E-state index >= 15 is 0 Å². The molecule has 0 radical (unpaired) electrons. The molecule has 2 heterocycles. The van der Waals surface area contributed by atoms with Gasteiger partial charge in [0.15, 0.2) is 0 Å². The van der Waals surface area contributed by atoms with Crippen LogP contribution >= 0.6 is 11.8 Å². The van der Waals surface area contributed by atoms with E-state index in [2.05, 4.69) is 10.3 Å². The highest BCUT2D eigenvalue weighted by Gasteiger charge is 2.31. The summed E-state index contributed by atoms with van der Waals surface area (Å²) < 4.78 is 11.6. The molecule has 2 amide bonds. The number of carbonyl (C=O) groups is 2. The molecule has 8 heteroatoms. The van der Waals surface area contributed by atoms with Gasteiger partial charge >= 0.3 is 0 Å². The largest absolute Gasteiger partial charge is 0.492 e. The Balaban J connectivity index is 1.20. The lowest BCUT2D eigenvalue weighted by Gasteiger charge is -2.18. The Labute approximate surface area is 197 Å². The predicted molar refractivity (Wildman–Crippen MR) is 129 cm³/mol. The number of nitrogens with one attached hydrogen (secondary N) is 1. The molecule has 1 atom stereocenters. The molecule has 1 fully saturated rings. The van der Waals surface area contributed by atoms with Crippen molar-refractivity contribution in [2.75, 3.05) is 25.1 Å². The van der Waals surface area contributed by atoms with E-state index in [0.717, 1.165) is 40.2 Å². The Bertz CT molecular complexity index is 1080. The summed E-state index contributed by atoms with van der Waals surface area (Å²) in [5.41, 5.74) is 2.10. The number of hydrogen-bond acceptors (Lipinski definition) is 7. The number of thioether (sulfide) groups is 1. The second-order valence-electron chi connectivity index (χ2n) is 7.63. The van der Waals surface area contributed by atoms with E-state index in [9.17, 15) is 9.59 Å². The van der Waals surface area contributed by atoms with Crippen LogP contribution in [0.3, 0.4) is 0 Å². The van der Waals surface area contributed by atoms with E-state index in [4.69, 9.17) is 9.47 Å². The van der Waals surface area contributed by atoms with Gasteiger partial charge in [-0.1, -0.05) is 54.2 Å². The average Bonchev–Trinajstić information content (AvgIpc) is 3.16. The van der Waals surface area contributed by atoms with Gasteiger partial charge in [0.1, 0.15) is 30.5 Å². The molecule has 33 heavy (non-hydrogen) atoms. The first kappa shape index (κ1) is 22.7. The number of likely N-dealkylation sites (N-methyl/N-ethyl adjacent to an activating group) is 1. The van der Waals surface area contributed by atoms with Crippen LogP contribution in [0.1, 0.15) is 11.1 Å². The summed E-state index contributed by atoms with van der Waals surface area (Å²) in [6, 6.07) is 21.5. The van der Waals surface area contributed by atoms with Crippen LogP contribution in [0.5, 0.6) is 11.5 Å². The summed E-state index contributed by atoms with van der Waals surface area (Å²) >= 11 is 1.04. The van der Waals surface area contributed by atoms with E-state index < -0.39 is 0 Å². The number of imide groups is 1. The fraction of sp³-hybridized carbons (Fsp3) is 0.240. The maximum Gasteiger partial charge on any atom is 0.286 e. The first-order chi connectivity index (χ1) is 16.1. The highest BCUT2D eigenvalue weighted by molar-refractivity contribution is 8.15. The van der Waals surface area contributed by atoms with Crippen LogP contribution in [-0.4, -0.2) is 41.6 Å². The van der Waals surface area contributed by atoms with Gasteiger partial charge in [0.2, 0.25) is 5.91 Å². The molecule has 0 aliphatic carbocycles. The van der Waals surface area contributed by atoms with Gasteiger partial charge in [0.25, 0.3) is 5.24 Å². The SMILES string of the molecule is CN(CCOc1ccc(C[C@H]2SC(=O)NC2=O)cc1)c1ccc(OCc2ccccc2)cn1. The van der Waals surface area contributed by atoms with Crippen LogP contribution in [0.25, 0.3) is 0 Å². The maximum absolute atomic E-state index is 11.7. The number of carbonyl (C=O) groups excluding carboxylic acids is 2. The van der Waals surface area contributed by atoms with Crippen LogP contribution in [-0.2, 0) is 17.8 Å². The Morgan fingerprint density at radius 1 is 0.939 bits per heavy atom. The van der Waals surface area contributed by atoms with Crippen molar-refractivity contribution in [3.05, 3.63) is 84.1 Å². The smallest absolute Gasteiger partial charge is 0.286 e. The summed E-state index contributed by atoms with van der Waals surface area (Å²) in [5.74, 6) is 2.09. The first-order valence-electron chi connectivity index (χ1n) is 10.6. The maximum atomic E-state index is 11.7. The van der Waals surface area contributed by atoms with Crippen LogP contribution in [0.4, 0.5) is 10.6 Å². The third-order valence-corrected chi connectivity index (χ3v) is 6.15. The molecular weight excluding hydrogens is 438 g/mol. The molecule has 4 rings (SSSR count). The minimum atomic E-state index is -0.361. The fourth-order valence-electron chi connectivity index (χ4n) is 3.30. The summed E-state index contributed by atoms with van der Waals surface area (Å²) in [5, 5.41) is 1.67. The van der Waals surface area contributed by atoms with Crippen LogP contribution in [0, 0.1) is 0 Å². The standard InChI is InChI=1S/C25H25N3O4S/c1-28(23-12-11-21(16-26-23)32-17-19-5-3-2-4-6-19)13-14-31-20-9-7-18(8-10-20)15-22-24(29)27-25(30)33-22/h2-12,16,22H,13-15,17H2,1H3,(H,27,29,30)/t22-/m1/s1. The Hall–Kier alpha value is -3.52. The minimum absolute atomic E-state index is 0.224. The monoisotopic (exact) mass is 463 g/mol. The van der Waals surface area contributed by atoms with Crippen molar-refractivity contribution in [1.82, 2.24) is 10.3 Å². The Morgan fingerprint density at radius 2 is 1.70 bits per heavy atom. The minimum Gasteiger partial charge on any atom is -0.492 e. The predicted octanol–water partition coefficient (Wildman–Crippen LogP) is 4.07. The average molecular weight is 464 g/mol. The van der Waals surface area contributed by atoms with Gasteiger partial charge < -0.3 is 14.4 Å². The zero-order valence-electron chi connectivity index (χ0n) is 18.3. The zero-order chi connectivity index (χ0) is 23.0. The number of hydrogen-bond donors (Lipinski definition) is 1. The van der Waals surface area contributed by atoms with Crippen molar-refractivity contribution in [2.45, 2.75) is 18.3 Å². The number of nitrogens with zero attached hydrogens (tertiary/aromatic N) is 2. The van der Waals surface area contributed by atoms with Crippen molar-refractivity contribution in [3.8, 4) is 11.5 Å². The molecule has 0 unspecified atom stereocenters. The molecule has 2 aromatic carbocycles. The van der Waals surface area contributed by atoms with Gasteiger partial charge in [-0.05, 0) is 41.8 Å². The van der Waals surface area contributed by atoms with E-state index in [-0.39, 0.29) is 16.4 Å². The van der Waals surface area contributed by atoms with E-state index in [1.807, 2.05) is 78.7 Å². The van der Waals surface area contributed by atoms with Gasteiger partial charge in [0.05, 0.1) is 18.0 Å². The molecule has 1 aliphatic heterocycles. The lowest BCUT2D eigenvalue weighted by atomic mass is 10.1. The summed E-state index contributed by atoms with van der Waals surface area (Å²) in [7, 11) is 1.96. The molecule has 1 N–H and O–H groups in total. The number of rotatable bonds is 10. The molecule has 0 saturated carbocycles. The van der Waals surface area contributed by atoms with E-state index in [1.54, 1.807) is 6.20 Å². The van der Waals surface area contributed by atoms with Gasteiger partial charge in [-0.3, -0.25) is 14.9 Å². The molecule has 1 aliphatic rings. The molecular formula is C25H25N3O4S. The summed E-state index contributed by atoms with van der Waals surface area (Å²) in [6.07, 6.45) is 2.24. The third-order valence-electron chi connectivity index (χ3n) is 5.17. The van der Waals surface area contributed by atoms with Gasteiger partial charge in [-0.2, -0.15) is 0 Å². The number of anilines is 1. The lowest BCUT2D eigenvalue weighted by molar-refractivity contribution is -0.118. The number of benzene rings is 2. The summed E-state index contributed by atoms with van der Waals surface area (Å²) in [6.45, 7) is 1.67. The van der Waals surface area contributed by atoms with E-state index in [0.29, 0.717) is 26.2 Å². The van der Waals surface area contributed by atoms with Gasteiger partial charge in [0, 0.05) is 7.05 Å². The second-order valence-corrected chi connectivity index (χ2v) is 8.80. The van der Waals surface area contributed by atoms with Crippen molar-refractivity contribution in [1.29, 1.82) is 0 Å². The molecule has 7 nitrogen and oxygen atoms in total. The molecule has 1 aromatic heterocycles. The quantitative estimate of drug-likeness (QED) is 0.485. The Kier molecular flexibility index (Phi) is 7.47. The number of pyridine rings is 1. The number of amides is 2. The zero-order valence-corrected chi connectivity index (χ0v) is 19.1. The second kappa shape index (κ2) is 10.9.